The van der Waals surface area contributed by atoms with Gasteiger partial charge in [-0.05, 0) is 23.8 Å². The Hall–Kier alpha value is -4.49. The molecular weight excluding hydrogens is 580 g/mol. The highest BCUT2D eigenvalue weighted by atomic mass is 32.2. The zero-order valence-corrected chi connectivity index (χ0v) is 24.6. The molecular formula is C30H30N2O10S. The van der Waals surface area contributed by atoms with Crippen LogP contribution in [0.2, 0.25) is 0 Å². The molecule has 0 N–H and O–H groups in total. The van der Waals surface area contributed by atoms with Gasteiger partial charge in [0.1, 0.15) is 18.4 Å². The first-order valence-corrected chi connectivity index (χ1v) is 14.1. The van der Waals surface area contributed by atoms with E-state index in [1.807, 2.05) is 30.3 Å². The zero-order valence-electron chi connectivity index (χ0n) is 23.8. The van der Waals surface area contributed by atoms with Gasteiger partial charge in [0.05, 0.1) is 5.69 Å². The van der Waals surface area contributed by atoms with Gasteiger partial charge in [-0.3, -0.25) is 28.9 Å². The Morgan fingerprint density at radius 1 is 0.814 bits per heavy atom. The molecule has 0 spiro atoms. The number of carbonyl (C=O) groups is 5. The number of aliphatic imine (C=N–C) groups is 1. The number of thioether (sulfide) groups is 1. The molecule has 2 heterocycles. The van der Waals surface area contributed by atoms with Crippen molar-refractivity contribution in [2.45, 2.75) is 57.5 Å². The Bertz CT molecular complexity index is 1430. The zero-order chi connectivity index (χ0) is 31.1. The minimum Gasteiger partial charge on any atom is -0.463 e. The molecule has 0 bridgehead atoms. The first-order chi connectivity index (χ1) is 20.5. The van der Waals surface area contributed by atoms with Crippen LogP contribution in [0.25, 0.3) is 6.08 Å². The van der Waals surface area contributed by atoms with Crippen molar-refractivity contribution in [2.24, 2.45) is 4.99 Å². The molecule has 2 aromatic carbocycles. The van der Waals surface area contributed by atoms with E-state index in [0.717, 1.165) is 38.1 Å². The molecule has 0 aliphatic carbocycles. The topological polar surface area (TPSA) is 147 Å². The van der Waals surface area contributed by atoms with E-state index in [2.05, 4.69) is 4.99 Å². The van der Waals surface area contributed by atoms with Crippen LogP contribution >= 0.6 is 11.8 Å². The molecule has 0 radical (unpaired) electrons. The number of para-hydroxylation sites is 1. The lowest BCUT2D eigenvalue weighted by atomic mass is 9.99. The number of rotatable bonds is 8. The Morgan fingerprint density at radius 3 is 1.95 bits per heavy atom. The third kappa shape index (κ3) is 8.08. The average molecular weight is 611 g/mol. The second-order valence-electron chi connectivity index (χ2n) is 9.50. The molecule has 2 aliphatic rings. The van der Waals surface area contributed by atoms with Crippen molar-refractivity contribution in [2.75, 3.05) is 11.5 Å². The van der Waals surface area contributed by atoms with E-state index >= 15 is 0 Å². The molecule has 0 aromatic heterocycles. The van der Waals surface area contributed by atoms with E-state index < -0.39 is 59.6 Å². The summed E-state index contributed by atoms with van der Waals surface area (Å²) in [5.74, 6) is -3.25. The molecule has 1 fully saturated rings. The molecule has 4 rings (SSSR count). The van der Waals surface area contributed by atoms with Gasteiger partial charge in [-0.1, -0.05) is 60.3 Å². The maximum absolute atomic E-state index is 13.7. The van der Waals surface area contributed by atoms with Gasteiger partial charge in [-0.2, -0.15) is 0 Å². The lowest BCUT2D eigenvalue weighted by Gasteiger charge is -2.44. The average Bonchev–Trinajstić information content (AvgIpc) is 3.25. The second-order valence-corrected chi connectivity index (χ2v) is 10.6. The number of hydrogen-bond donors (Lipinski definition) is 0. The summed E-state index contributed by atoms with van der Waals surface area (Å²) < 4.78 is 27.9. The van der Waals surface area contributed by atoms with Crippen LogP contribution in [-0.2, 0) is 47.7 Å². The van der Waals surface area contributed by atoms with E-state index in [9.17, 15) is 24.0 Å². The highest BCUT2D eigenvalue weighted by molar-refractivity contribution is 8.14. The van der Waals surface area contributed by atoms with Crippen molar-refractivity contribution in [3.8, 4) is 0 Å². The van der Waals surface area contributed by atoms with Gasteiger partial charge in [0.2, 0.25) is 0 Å². The predicted molar refractivity (Wildman–Crippen MR) is 155 cm³/mol. The van der Waals surface area contributed by atoms with E-state index in [-0.39, 0.29) is 17.5 Å². The summed E-state index contributed by atoms with van der Waals surface area (Å²) in [7, 11) is 0. The molecule has 43 heavy (non-hydrogen) atoms. The van der Waals surface area contributed by atoms with Crippen molar-refractivity contribution in [3.63, 3.8) is 0 Å². The molecule has 226 valence electrons. The maximum atomic E-state index is 13.7. The number of anilines is 1. The summed E-state index contributed by atoms with van der Waals surface area (Å²) in [5, 5.41) is 0.180. The molecule has 0 saturated carbocycles. The summed E-state index contributed by atoms with van der Waals surface area (Å²) in [6.07, 6.45) is -3.46. The van der Waals surface area contributed by atoms with E-state index in [0.29, 0.717) is 5.69 Å². The van der Waals surface area contributed by atoms with Crippen LogP contribution in [0, 0.1) is 0 Å². The Kier molecular flexibility index (Phi) is 10.3. The fraction of sp³-hybridized carbons (Fsp3) is 0.333. The van der Waals surface area contributed by atoms with Crippen LogP contribution in [-0.4, -0.2) is 71.4 Å². The van der Waals surface area contributed by atoms with Gasteiger partial charge >= 0.3 is 23.9 Å². The number of benzene rings is 2. The largest absolute Gasteiger partial charge is 0.463 e. The van der Waals surface area contributed by atoms with Crippen LogP contribution < -0.4 is 4.90 Å². The minimum atomic E-state index is -1.35. The van der Waals surface area contributed by atoms with Crippen molar-refractivity contribution in [1.82, 2.24) is 0 Å². The summed E-state index contributed by atoms with van der Waals surface area (Å²) in [6.45, 7) is 4.27. The summed E-state index contributed by atoms with van der Waals surface area (Å²) in [4.78, 5) is 67.7. The Balaban J connectivity index is 1.78. The smallest absolute Gasteiger partial charge is 0.303 e. The van der Waals surface area contributed by atoms with E-state index in [1.165, 1.54) is 11.8 Å². The summed E-state index contributed by atoms with van der Waals surface area (Å²) in [5.41, 5.74) is 0.250. The van der Waals surface area contributed by atoms with Gasteiger partial charge in [0.25, 0.3) is 5.91 Å². The number of amides is 1. The SMILES string of the molecule is CC(=O)OC[C@@H]1O[C@H](SC2=N/C(=C/c3ccccc3)C(=O)N2c2ccccc2)[C@H](OC(C)=O)[C@H](OC(C)=O)[C@@H]1OC(C)=O. The number of esters is 4. The lowest BCUT2D eigenvalue weighted by Crippen LogP contribution is -2.61. The van der Waals surface area contributed by atoms with Crippen LogP contribution in [0.4, 0.5) is 5.69 Å². The molecule has 0 unspecified atom stereocenters. The Labute approximate surface area is 252 Å². The molecule has 5 atom stereocenters. The molecule has 2 aliphatic heterocycles. The molecule has 13 heteroatoms. The lowest BCUT2D eigenvalue weighted by molar-refractivity contribution is -0.237. The van der Waals surface area contributed by atoms with Gasteiger partial charge < -0.3 is 23.7 Å². The van der Waals surface area contributed by atoms with Crippen LogP contribution in [0.1, 0.15) is 33.3 Å². The number of hydrogen-bond acceptors (Lipinski definition) is 12. The first-order valence-electron chi connectivity index (χ1n) is 13.3. The normalized spacial score (nSPS) is 24.2. The number of nitrogens with zero attached hydrogens (tertiary/aromatic N) is 2. The fourth-order valence-corrected chi connectivity index (χ4v) is 5.67. The highest BCUT2D eigenvalue weighted by Crippen LogP contribution is 2.38. The van der Waals surface area contributed by atoms with Gasteiger partial charge in [0, 0.05) is 27.7 Å². The molecule has 2 aromatic rings. The number of carbonyl (C=O) groups excluding carboxylic acids is 5. The Morgan fingerprint density at radius 2 is 1.37 bits per heavy atom. The fourth-order valence-electron chi connectivity index (χ4n) is 4.47. The standard InChI is InChI=1S/C30H30N2O10S/c1-17(33)38-16-24-25(39-18(2)34)26(40-19(3)35)27(41-20(4)36)29(42-24)43-30-31-23(15-21-11-7-5-8-12-21)28(37)32(30)22-13-9-6-10-14-22/h5-15,24-27,29H,16H2,1-4H3/b23-15+/t24-,25+,26+,27+,29+/m0/s1. The van der Waals surface area contributed by atoms with Crippen LogP contribution in [0.5, 0.6) is 0 Å². The van der Waals surface area contributed by atoms with Crippen molar-refractivity contribution in [1.29, 1.82) is 0 Å². The van der Waals surface area contributed by atoms with Crippen molar-refractivity contribution >= 4 is 58.5 Å². The monoisotopic (exact) mass is 610 g/mol. The quantitative estimate of drug-likeness (QED) is 0.246. The molecule has 1 saturated heterocycles. The van der Waals surface area contributed by atoms with E-state index in [1.54, 1.807) is 36.4 Å². The van der Waals surface area contributed by atoms with Gasteiger partial charge in [-0.25, -0.2) is 4.99 Å². The summed E-state index contributed by atoms with van der Waals surface area (Å²) in [6, 6.07) is 17.9. The van der Waals surface area contributed by atoms with Crippen molar-refractivity contribution in [3.05, 3.63) is 71.9 Å². The highest BCUT2D eigenvalue weighted by Gasteiger charge is 2.53. The third-order valence-electron chi connectivity index (χ3n) is 6.12. The van der Waals surface area contributed by atoms with Crippen molar-refractivity contribution < 1.29 is 47.7 Å². The van der Waals surface area contributed by atoms with Crippen LogP contribution in [0.3, 0.4) is 0 Å². The molecule has 12 nitrogen and oxygen atoms in total. The number of ether oxygens (including phenoxy) is 5. The van der Waals surface area contributed by atoms with Gasteiger partial charge in [-0.15, -0.1) is 0 Å². The first kappa shape index (κ1) is 31.4. The number of amidine groups is 1. The summed E-state index contributed by atoms with van der Waals surface area (Å²) >= 11 is 0.932. The van der Waals surface area contributed by atoms with E-state index in [4.69, 9.17) is 23.7 Å². The second kappa shape index (κ2) is 14.1. The minimum absolute atomic E-state index is 0.142. The third-order valence-corrected chi connectivity index (χ3v) is 7.21. The van der Waals surface area contributed by atoms with Gasteiger partial charge in [0.15, 0.2) is 28.9 Å². The molecule has 1 amide bonds. The predicted octanol–water partition coefficient (Wildman–Crippen LogP) is 3.25. The van der Waals surface area contributed by atoms with Crippen LogP contribution in [0.15, 0.2) is 71.4 Å². The maximum Gasteiger partial charge on any atom is 0.303 e.